The maximum atomic E-state index is 11.1. The molecule has 0 spiro atoms. The van der Waals surface area contributed by atoms with Crippen LogP contribution in [0.25, 0.3) is 0 Å². The molecule has 0 rings (SSSR count). The second-order valence-corrected chi connectivity index (χ2v) is 4.37. The number of carbonyl (C=O) groups excluding carboxylic acids is 1. The second-order valence-electron chi connectivity index (χ2n) is 2.62. The number of nitrogens with two attached hydrogens (primary N) is 1. The lowest BCUT2D eigenvalue weighted by Crippen LogP contribution is -2.36. The fourth-order valence-electron chi connectivity index (χ4n) is 0.914. The normalized spacial score (nSPS) is 13.8. The molecule has 0 radical (unpaired) electrons. The molecule has 0 aromatic rings. The van der Waals surface area contributed by atoms with Crippen molar-refractivity contribution in [2.75, 3.05) is 6.61 Å². The van der Waals surface area contributed by atoms with Crippen LogP contribution >= 0.6 is 0 Å². The minimum atomic E-state index is -3.82. The van der Waals surface area contributed by atoms with Gasteiger partial charge in [-0.3, -0.25) is 4.79 Å². The minimum Gasteiger partial charge on any atom is -0.465 e. The number of hydrogen-bond donors (Lipinski definition) is 1. The van der Waals surface area contributed by atoms with E-state index in [1.807, 2.05) is 0 Å². The van der Waals surface area contributed by atoms with Crippen LogP contribution in [0, 0.1) is 0 Å². The summed E-state index contributed by atoms with van der Waals surface area (Å²) in [5, 5.41) is 3.66. The highest BCUT2D eigenvalue weighted by Crippen LogP contribution is 2.07. The van der Waals surface area contributed by atoms with Gasteiger partial charge in [0.2, 0.25) is 10.0 Å². The Labute approximate surface area is 78.3 Å². The summed E-state index contributed by atoms with van der Waals surface area (Å²) in [4.78, 5) is 11.1. The van der Waals surface area contributed by atoms with Crippen LogP contribution in [-0.4, -0.2) is 26.2 Å². The zero-order valence-electron chi connectivity index (χ0n) is 7.82. The third-order valence-corrected chi connectivity index (χ3v) is 2.72. The molecule has 0 aliphatic carbocycles. The highest BCUT2D eigenvalue weighted by Gasteiger charge is 2.29. The first-order chi connectivity index (χ1) is 5.93. The minimum absolute atomic E-state index is 0.161. The molecule has 0 aromatic carbocycles. The van der Waals surface area contributed by atoms with Crippen LogP contribution in [0.5, 0.6) is 0 Å². The molecule has 1 atom stereocenters. The lowest BCUT2D eigenvalue weighted by molar-refractivity contribution is -0.142. The van der Waals surface area contributed by atoms with Crippen molar-refractivity contribution < 1.29 is 17.9 Å². The zero-order chi connectivity index (χ0) is 10.5. The molecule has 0 bridgehead atoms. The maximum Gasteiger partial charge on any atom is 0.325 e. The number of rotatable bonds is 5. The van der Waals surface area contributed by atoms with Gasteiger partial charge in [-0.1, -0.05) is 13.3 Å². The van der Waals surface area contributed by atoms with Crippen molar-refractivity contribution in [3.63, 3.8) is 0 Å². The molecule has 0 aliphatic heterocycles. The summed E-state index contributed by atoms with van der Waals surface area (Å²) in [5.41, 5.74) is 0. The van der Waals surface area contributed by atoms with E-state index in [9.17, 15) is 13.2 Å². The van der Waals surface area contributed by atoms with E-state index < -0.39 is 21.2 Å². The quantitative estimate of drug-likeness (QED) is 0.646. The van der Waals surface area contributed by atoms with E-state index in [0.717, 1.165) is 0 Å². The van der Waals surface area contributed by atoms with Crippen LogP contribution in [0.4, 0.5) is 0 Å². The van der Waals surface area contributed by atoms with Gasteiger partial charge in [0.15, 0.2) is 5.25 Å². The molecule has 0 aliphatic rings. The van der Waals surface area contributed by atoms with Crippen LogP contribution in [-0.2, 0) is 19.6 Å². The van der Waals surface area contributed by atoms with Crippen LogP contribution < -0.4 is 5.14 Å². The van der Waals surface area contributed by atoms with Gasteiger partial charge in [-0.05, 0) is 13.3 Å². The van der Waals surface area contributed by atoms with Gasteiger partial charge in [0.05, 0.1) is 6.61 Å². The molecule has 6 heteroatoms. The fourth-order valence-corrected chi connectivity index (χ4v) is 1.81. The van der Waals surface area contributed by atoms with E-state index in [1.54, 1.807) is 13.8 Å². The van der Waals surface area contributed by atoms with E-state index in [2.05, 4.69) is 4.74 Å². The van der Waals surface area contributed by atoms with Gasteiger partial charge >= 0.3 is 5.97 Å². The number of sulfonamides is 1. The highest BCUT2D eigenvalue weighted by atomic mass is 32.2. The summed E-state index contributed by atoms with van der Waals surface area (Å²) in [6.45, 7) is 3.55. The standard InChI is InChI=1S/C7H15NO4S/c1-3-5-6(13(8,10)11)7(9)12-4-2/h6H,3-5H2,1-2H3,(H2,8,10,11)/t6-/m1/s1. The molecule has 78 valence electrons. The Morgan fingerprint density at radius 2 is 2.00 bits per heavy atom. The van der Waals surface area contributed by atoms with Crippen molar-refractivity contribution >= 4 is 16.0 Å². The molecule has 0 saturated carbocycles. The topological polar surface area (TPSA) is 86.5 Å². The fraction of sp³-hybridized carbons (Fsp3) is 0.857. The van der Waals surface area contributed by atoms with Gasteiger partial charge in [-0.2, -0.15) is 0 Å². The van der Waals surface area contributed by atoms with Gasteiger partial charge in [-0.25, -0.2) is 13.6 Å². The Morgan fingerprint density at radius 1 is 1.46 bits per heavy atom. The number of ether oxygens (including phenoxy) is 1. The van der Waals surface area contributed by atoms with Crippen molar-refractivity contribution in [2.45, 2.75) is 31.9 Å². The Morgan fingerprint density at radius 3 is 2.31 bits per heavy atom. The third-order valence-electron chi connectivity index (χ3n) is 1.50. The number of esters is 1. The molecule has 0 heterocycles. The molecule has 0 unspecified atom stereocenters. The summed E-state index contributed by atoms with van der Waals surface area (Å²) in [5.74, 6) is -0.758. The molecule has 5 nitrogen and oxygen atoms in total. The summed E-state index contributed by atoms with van der Waals surface area (Å²) >= 11 is 0. The van der Waals surface area contributed by atoms with Gasteiger partial charge in [0.25, 0.3) is 0 Å². The first-order valence-electron chi connectivity index (χ1n) is 4.11. The average Bonchev–Trinajstić information content (AvgIpc) is 1.98. The van der Waals surface area contributed by atoms with Crippen molar-refractivity contribution in [3.05, 3.63) is 0 Å². The molecule has 2 N–H and O–H groups in total. The Bertz CT molecular complexity index is 260. The van der Waals surface area contributed by atoms with Gasteiger partial charge < -0.3 is 4.74 Å². The number of carbonyl (C=O) groups is 1. The van der Waals surface area contributed by atoms with Crippen molar-refractivity contribution in [1.82, 2.24) is 0 Å². The summed E-state index contributed by atoms with van der Waals surface area (Å²) in [7, 11) is -3.82. The molecule has 13 heavy (non-hydrogen) atoms. The van der Waals surface area contributed by atoms with Crippen LogP contribution in [0.1, 0.15) is 26.7 Å². The molecule has 0 aromatic heterocycles. The van der Waals surface area contributed by atoms with E-state index in [1.165, 1.54) is 0 Å². The van der Waals surface area contributed by atoms with E-state index in [4.69, 9.17) is 5.14 Å². The molecular formula is C7H15NO4S. The summed E-state index contributed by atoms with van der Waals surface area (Å²) < 4.78 is 26.4. The summed E-state index contributed by atoms with van der Waals surface area (Å²) in [6.07, 6.45) is 0.775. The SMILES string of the molecule is CCC[C@H](C(=O)OCC)S(N)(=O)=O. The van der Waals surface area contributed by atoms with Gasteiger partial charge in [0.1, 0.15) is 0 Å². The average molecular weight is 209 g/mol. The van der Waals surface area contributed by atoms with E-state index in [0.29, 0.717) is 6.42 Å². The smallest absolute Gasteiger partial charge is 0.325 e. The third kappa shape index (κ3) is 4.23. The lowest BCUT2D eigenvalue weighted by atomic mass is 10.2. The van der Waals surface area contributed by atoms with Gasteiger partial charge in [-0.15, -0.1) is 0 Å². The van der Waals surface area contributed by atoms with Crippen molar-refractivity contribution in [1.29, 1.82) is 0 Å². The highest BCUT2D eigenvalue weighted by molar-refractivity contribution is 7.90. The Balaban J connectivity index is 4.52. The zero-order valence-corrected chi connectivity index (χ0v) is 8.63. The largest absolute Gasteiger partial charge is 0.465 e. The molecule has 0 saturated heterocycles. The van der Waals surface area contributed by atoms with Crippen LogP contribution in [0.15, 0.2) is 0 Å². The van der Waals surface area contributed by atoms with Gasteiger partial charge in [0, 0.05) is 0 Å². The van der Waals surface area contributed by atoms with Crippen molar-refractivity contribution in [2.24, 2.45) is 5.14 Å². The predicted octanol–water partition coefficient (Wildman–Crippen LogP) is 0.00670. The van der Waals surface area contributed by atoms with Crippen molar-refractivity contribution in [3.8, 4) is 0 Å². The van der Waals surface area contributed by atoms with E-state index >= 15 is 0 Å². The molecular weight excluding hydrogens is 194 g/mol. The first kappa shape index (κ1) is 12.4. The number of primary sulfonamides is 1. The molecule has 0 fully saturated rings. The van der Waals surface area contributed by atoms with Crippen LogP contribution in [0.3, 0.4) is 0 Å². The van der Waals surface area contributed by atoms with E-state index in [-0.39, 0.29) is 13.0 Å². The Kier molecular flexibility index (Phi) is 4.94. The first-order valence-corrected chi connectivity index (χ1v) is 5.72. The summed E-state index contributed by atoms with van der Waals surface area (Å²) in [6, 6.07) is 0. The Hall–Kier alpha value is -0.620. The predicted molar refractivity (Wildman–Crippen MR) is 48.4 cm³/mol. The maximum absolute atomic E-state index is 11.1. The second kappa shape index (κ2) is 5.18. The lowest BCUT2D eigenvalue weighted by Gasteiger charge is -2.11. The van der Waals surface area contributed by atoms with Crippen LogP contribution in [0.2, 0.25) is 0 Å². The monoisotopic (exact) mass is 209 g/mol. The molecule has 0 amide bonds. The number of hydrogen-bond acceptors (Lipinski definition) is 4.